The predicted octanol–water partition coefficient (Wildman–Crippen LogP) is -1.48. The fourth-order valence-electron chi connectivity index (χ4n) is 2.32. The minimum atomic E-state index is -4.56. The normalized spacial score (nSPS) is 17.6. The molecule has 0 spiro atoms. The van der Waals surface area contributed by atoms with Crippen LogP contribution < -0.4 is 10.1 Å². The van der Waals surface area contributed by atoms with Crippen LogP contribution in [-0.2, 0) is 24.9 Å². The van der Waals surface area contributed by atoms with Gasteiger partial charge in [0.25, 0.3) is 5.09 Å². The third-order valence-corrected chi connectivity index (χ3v) is 6.69. The first-order chi connectivity index (χ1) is 12.7. The Morgan fingerprint density at radius 2 is 1.96 bits per heavy atom. The highest BCUT2D eigenvalue weighted by atomic mass is 35.5. The highest BCUT2D eigenvalue weighted by molar-refractivity contribution is 7.90. The van der Waals surface area contributed by atoms with Gasteiger partial charge < -0.3 is 9.94 Å². The van der Waals surface area contributed by atoms with Gasteiger partial charge in [-0.1, -0.05) is 16.6 Å². The van der Waals surface area contributed by atoms with Crippen LogP contribution >= 0.6 is 11.6 Å². The number of hydrazine groups is 1. The van der Waals surface area contributed by atoms with Gasteiger partial charge in [0.1, 0.15) is 22.1 Å². The summed E-state index contributed by atoms with van der Waals surface area (Å²) in [4.78, 5) is 23.8. The van der Waals surface area contributed by atoms with E-state index in [2.05, 4.69) is 4.84 Å². The van der Waals surface area contributed by atoms with E-state index in [1.807, 2.05) is 0 Å². The molecule has 1 heterocycles. The molecule has 15 nitrogen and oxygen atoms in total. The third-order valence-electron chi connectivity index (χ3n) is 3.49. The summed E-state index contributed by atoms with van der Waals surface area (Å²) < 4.78 is 49.1. The van der Waals surface area contributed by atoms with Crippen molar-refractivity contribution in [1.82, 2.24) is 4.31 Å². The van der Waals surface area contributed by atoms with Crippen LogP contribution in [0.15, 0.2) is 21.9 Å². The summed E-state index contributed by atoms with van der Waals surface area (Å²) in [7, 11) is -9.02. The van der Waals surface area contributed by atoms with Crippen molar-refractivity contribution in [1.29, 1.82) is 0 Å². The number of halogens is 1. The minimum absolute atomic E-state index is 0.344. The molecule has 28 heavy (non-hydrogen) atoms. The van der Waals surface area contributed by atoms with E-state index >= 15 is 0 Å². The van der Waals surface area contributed by atoms with E-state index in [1.54, 1.807) is 0 Å². The number of rotatable bonds is 7. The number of β-amino-alcohol motifs (C(OH)–C–C–N with tert-alkyl or cyclic N) is 1. The molecular formula is C10H12ClN5O10S2. The lowest BCUT2D eigenvalue weighted by atomic mass is 10.3. The monoisotopic (exact) mass is 461 g/mol. The first kappa shape index (κ1) is 22.0. The van der Waals surface area contributed by atoms with Crippen LogP contribution in [0, 0.1) is 20.2 Å². The van der Waals surface area contributed by atoms with Crippen LogP contribution in [-0.4, -0.2) is 62.3 Å². The molecule has 0 fully saturated rings. The molecule has 3 N–H and O–H groups in total. The Kier molecular flexibility index (Phi) is 5.97. The molecule has 2 rings (SSSR count). The number of aliphatic hydroxyl groups is 1. The van der Waals surface area contributed by atoms with Crippen LogP contribution in [0.5, 0.6) is 0 Å². The molecule has 1 aliphatic heterocycles. The van der Waals surface area contributed by atoms with Crippen molar-refractivity contribution in [2.75, 3.05) is 24.8 Å². The van der Waals surface area contributed by atoms with Crippen molar-refractivity contribution < 1.29 is 36.9 Å². The van der Waals surface area contributed by atoms with E-state index < -0.39 is 76.6 Å². The maximum Gasteiger partial charge on any atom is 0.294 e. The van der Waals surface area contributed by atoms with E-state index in [0.29, 0.717) is 15.4 Å². The maximum atomic E-state index is 12.7. The smallest absolute Gasteiger partial charge is 0.294 e. The van der Waals surface area contributed by atoms with Gasteiger partial charge in [-0.3, -0.25) is 0 Å². The van der Waals surface area contributed by atoms with E-state index in [-0.39, 0.29) is 0 Å². The first-order valence-electron chi connectivity index (χ1n) is 6.99. The molecule has 0 amide bonds. The molecule has 0 saturated carbocycles. The number of nitro groups is 1. The average molecular weight is 462 g/mol. The van der Waals surface area contributed by atoms with Crippen LogP contribution in [0.3, 0.4) is 0 Å². The van der Waals surface area contributed by atoms with Gasteiger partial charge in [-0.05, 0) is 12.1 Å². The summed E-state index contributed by atoms with van der Waals surface area (Å²) in [5.41, 5.74) is -0.519. The van der Waals surface area contributed by atoms with Crippen LogP contribution in [0.4, 0.5) is 5.69 Å². The van der Waals surface area contributed by atoms with Gasteiger partial charge >= 0.3 is 0 Å². The zero-order valence-corrected chi connectivity index (χ0v) is 15.9. The highest BCUT2D eigenvalue weighted by Crippen LogP contribution is 2.38. The quantitative estimate of drug-likeness (QED) is 0.352. The zero-order chi connectivity index (χ0) is 21.4. The van der Waals surface area contributed by atoms with E-state index in [1.165, 1.54) is 0 Å². The first-order valence-corrected chi connectivity index (χ1v) is 10.3. The standard InChI is InChI=1S/C10H12ClN5O10S2/c11-7-1-8-10(2-9(7)27(12,22)23)28(24,25)13(5-14(8)15(18)19)3-6(17)4-26-16(20)21/h1-2,6,17H,3-5H2,(H2,12,22,23). The molecule has 0 radical (unpaired) electrons. The number of fused-ring (bicyclic) bond motifs is 1. The van der Waals surface area contributed by atoms with E-state index in [0.717, 1.165) is 6.07 Å². The summed E-state index contributed by atoms with van der Waals surface area (Å²) in [5, 5.41) is 33.8. The Bertz CT molecular complexity index is 1030. The number of benzene rings is 1. The summed E-state index contributed by atoms with van der Waals surface area (Å²) in [5.74, 6) is 0. The predicted molar refractivity (Wildman–Crippen MR) is 90.0 cm³/mol. The van der Waals surface area contributed by atoms with E-state index in [9.17, 15) is 42.2 Å². The number of anilines is 1. The second-order valence-corrected chi connectivity index (χ2v) is 9.23. The maximum absolute atomic E-state index is 12.7. The molecule has 1 aromatic rings. The summed E-state index contributed by atoms with van der Waals surface area (Å²) >= 11 is 5.76. The summed E-state index contributed by atoms with van der Waals surface area (Å²) in [6.07, 6.45) is -1.71. The molecular weight excluding hydrogens is 450 g/mol. The Labute approximate surface area is 162 Å². The average Bonchev–Trinajstić information content (AvgIpc) is 2.53. The van der Waals surface area contributed by atoms with Crippen molar-refractivity contribution >= 4 is 37.3 Å². The summed E-state index contributed by atoms with van der Waals surface area (Å²) in [6.45, 7) is -2.59. The SMILES string of the molecule is NS(=O)(=O)c1cc2c(cc1Cl)N([N+](=O)[O-])CN(CC(O)CO[N+](=O)[O-])S2(=O)=O. The van der Waals surface area contributed by atoms with Crippen molar-refractivity contribution in [3.05, 3.63) is 37.4 Å². The Morgan fingerprint density at radius 1 is 1.36 bits per heavy atom. The second kappa shape index (κ2) is 7.60. The number of primary sulfonamides is 1. The minimum Gasteiger partial charge on any atom is -0.390 e. The molecule has 156 valence electrons. The second-order valence-electron chi connectivity index (χ2n) is 5.39. The van der Waals surface area contributed by atoms with Crippen molar-refractivity contribution in [2.24, 2.45) is 5.14 Å². The Morgan fingerprint density at radius 3 is 2.46 bits per heavy atom. The number of hydrogen-bond acceptors (Lipinski definition) is 10. The molecule has 1 unspecified atom stereocenters. The molecule has 0 saturated heterocycles. The van der Waals surface area contributed by atoms with Gasteiger partial charge in [0, 0.05) is 6.54 Å². The zero-order valence-electron chi connectivity index (χ0n) is 13.5. The highest BCUT2D eigenvalue weighted by Gasteiger charge is 2.42. The van der Waals surface area contributed by atoms with E-state index in [4.69, 9.17) is 16.7 Å². The summed E-state index contributed by atoms with van der Waals surface area (Å²) in [6, 6.07) is 1.32. The molecule has 18 heteroatoms. The lowest BCUT2D eigenvalue weighted by Gasteiger charge is -2.32. The Hall–Kier alpha value is -2.31. The lowest BCUT2D eigenvalue weighted by Crippen LogP contribution is -2.51. The lowest BCUT2D eigenvalue weighted by molar-refractivity contribution is -0.759. The number of aliphatic hydroxyl groups excluding tert-OH is 1. The van der Waals surface area contributed by atoms with Gasteiger partial charge in [0.2, 0.25) is 20.0 Å². The topological polar surface area (TPSA) is 217 Å². The number of nitrogens with zero attached hydrogens (tertiary/aromatic N) is 4. The van der Waals surface area contributed by atoms with Crippen LogP contribution in [0.1, 0.15) is 0 Å². The third kappa shape index (κ3) is 4.39. The van der Waals surface area contributed by atoms with Gasteiger partial charge in [-0.15, -0.1) is 10.1 Å². The number of hydrogen-bond donors (Lipinski definition) is 2. The van der Waals surface area contributed by atoms with Crippen LogP contribution in [0.2, 0.25) is 5.02 Å². The molecule has 1 aliphatic rings. The molecule has 0 aliphatic carbocycles. The fourth-order valence-corrected chi connectivity index (χ4v) is 5.09. The van der Waals surface area contributed by atoms with Crippen LogP contribution in [0.25, 0.3) is 0 Å². The number of sulfonamides is 2. The molecule has 0 aromatic heterocycles. The van der Waals surface area contributed by atoms with Gasteiger partial charge in [0.15, 0.2) is 11.7 Å². The van der Waals surface area contributed by atoms with Gasteiger partial charge in [-0.2, -0.15) is 4.31 Å². The molecule has 0 bridgehead atoms. The van der Waals surface area contributed by atoms with Gasteiger partial charge in [-0.25, -0.2) is 32.1 Å². The van der Waals surface area contributed by atoms with Crippen molar-refractivity contribution in [3.63, 3.8) is 0 Å². The van der Waals surface area contributed by atoms with Crippen molar-refractivity contribution in [3.8, 4) is 0 Å². The van der Waals surface area contributed by atoms with Crippen molar-refractivity contribution in [2.45, 2.75) is 15.9 Å². The van der Waals surface area contributed by atoms with Gasteiger partial charge in [0.05, 0.1) is 11.1 Å². The number of nitrogens with two attached hydrogens (primary N) is 1. The Balaban J connectivity index is 2.54. The fraction of sp³-hybridized carbons (Fsp3) is 0.400. The molecule has 1 atom stereocenters. The molecule has 1 aromatic carbocycles. The largest absolute Gasteiger partial charge is 0.390 e.